The molecule has 3 aromatic heterocycles. The highest BCUT2D eigenvalue weighted by Crippen LogP contribution is 2.34. The van der Waals surface area contributed by atoms with Gasteiger partial charge in [-0.2, -0.15) is 15.2 Å². The average Bonchev–Trinajstić information content (AvgIpc) is 3.21. The van der Waals surface area contributed by atoms with Crippen molar-refractivity contribution in [3.8, 4) is 11.3 Å². The van der Waals surface area contributed by atoms with Gasteiger partial charge in [-0.15, -0.1) is 5.10 Å². The van der Waals surface area contributed by atoms with Gasteiger partial charge in [-0.25, -0.2) is 13.3 Å². The molecule has 0 amide bonds. The summed E-state index contributed by atoms with van der Waals surface area (Å²) in [5.74, 6) is 0.154. The summed E-state index contributed by atoms with van der Waals surface area (Å²) in [7, 11) is 3.27. The lowest BCUT2D eigenvalue weighted by Gasteiger charge is -2.42. The Bertz CT molecular complexity index is 1260. The molecule has 2 fully saturated rings. The fraction of sp³-hybridized carbons (Fsp3) is 0.560. The summed E-state index contributed by atoms with van der Waals surface area (Å²) < 4.78 is 47.4. The number of ether oxygens (including phenoxy) is 1. The number of azo groups is 1. The van der Waals surface area contributed by atoms with Crippen LogP contribution in [0.4, 0.5) is 30.6 Å². The van der Waals surface area contributed by atoms with E-state index in [0.717, 1.165) is 6.54 Å². The SMILES string of the molecule is CCCF.CN=Nc1ccc(-c2c(F)cn3nc(NC4CCN(C5COC5)CC4F)nc(NC)c23)nc1C. The highest BCUT2D eigenvalue weighted by atomic mass is 19.1. The number of hydrogen-bond acceptors (Lipinski definition) is 9. The third kappa shape index (κ3) is 5.88. The number of hydrogen-bond donors (Lipinski definition) is 2. The van der Waals surface area contributed by atoms with Crippen molar-refractivity contribution in [2.24, 2.45) is 10.2 Å². The zero-order valence-corrected chi connectivity index (χ0v) is 22.1. The molecule has 2 saturated heterocycles. The van der Waals surface area contributed by atoms with E-state index in [2.05, 4.69) is 40.8 Å². The van der Waals surface area contributed by atoms with E-state index >= 15 is 4.39 Å². The molecule has 0 saturated carbocycles. The Balaban J connectivity index is 0.000000786. The Morgan fingerprint density at radius 2 is 2.00 bits per heavy atom. The van der Waals surface area contributed by atoms with Crippen LogP contribution in [-0.2, 0) is 4.74 Å². The predicted molar refractivity (Wildman–Crippen MR) is 140 cm³/mol. The van der Waals surface area contributed by atoms with Gasteiger partial charge < -0.3 is 15.4 Å². The quantitative estimate of drug-likeness (QED) is 0.429. The summed E-state index contributed by atoms with van der Waals surface area (Å²) in [4.78, 5) is 11.2. The van der Waals surface area contributed by atoms with E-state index in [0.29, 0.717) is 67.1 Å². The Hall–Kier alpha value is -3.32. The minimum Gasteiger partial charge on any atom is -0.378 e. The number of fused-ring (bicyclic) bond motifs is 1. The normalized spacial score (nSPS) is 20.3. The fourth-order valence-electron chi connectivity index (χ4n) is 4.46. The summed E-state index contributed by atoms with van der Waals surface area (Å²) in [5.41, 5.74) is 2.39. The van der Waals surface area contributed by atoms with Crippen LogP contribution < -0.4 is 10.6 Å². The molecule has 0 aromatic carbocycles. The molecule has 2 aliphatic rings. The lowest BCUT2D eigenvalue weighted by atomic mass is 10.0. The van der Waals surface area contributed by atoms with Crippen LogP contribution in [0.3, 0.4) is 0 Å². The lowest BCUT2D eigenvalue weighted by molar-refractivity contribution is -0.0794. The maximum Gasteiger partial charge on any atom is 0.243 e. The van der Waals surface area contributed by atoms with Crippen molar-refractivity contribution >= 4 is 23.0 Å². The molecule has 2 aliphatic heterocycles. The molecule has 2 atom stereocenters. The Morgan fingerprint density at radius 1 is 1.24 bits per heavy atom. The van der Waals surface area contributed by atoms with Crippen LogP contribution in [0.5, 0.6) is 0 Å². The molecule has 0 aliphatic carbocycles. The highest BCUT2D eigenvalue weighted by molar-refractivity contribution is 5.88. The van der Waals surface area contributed by atoms with Gasteiger partial charge in [-0.3, -0.25) is 14.3 Å². The van der Waals surface area contributed by atoms with Crippen molar-refractivity contribution in [1.82, 2.24) is 24.5 Å². The smallest absolute Gasteiger partial charge is 0.243 e. The second kappa shape index (κ2) is 12.5. The van der Waals surface area contributed by atoms with Gasteiger partial charge >= 0.3 is 0 Å². The van der Waals surface area contributed by atoms with E-state index in [1.54, 1.807) is 40.1 Å². The van der Waals surface area contributed by atoms with Crippen molar-refractivity contribution in [3.05, 3.63) is 29.8 Å². The molecule has 13 heteroatoms. The van der Waals surface area contributed by atoms with Crippen LogP contribution in [-0.4, -0.2) is 89.8 Å². The van der Waals surface area contributed by atoms with Crippen molar-refractivity contribution in [2.75, 3.05) is 57.7 Å². The van der Waals surface area contributed by atoms with E-state index in [9.17, 15) is 8.78 Å². The van der Waals surface area contributed by atoms with Crippen LogP contribution in [0.1, 0.15) is 25.5 Å². The number of nitrogens with one attached hydrogen (secondary N) is 2. The summed E-state index contributed by atoms with van der Waals surface area (Å²) in [5, 5.41) is 18.3. The Kier molecular flexibility index (Phi) is 9.10. The van der Waals surface area contributed by atoms with Crippen LogP contribution >= 0.6 is 0 Å². The molecule has 10 nitrogen and oxygen atoms in total. The molecule has 0 radical (unpaired) electrons. The first-order chi connectivity index (χ1) is 18.4. The van der Waals surface area contributed by atoms with Crippen LogP contribution in [0.15, 0.2) is 28.6 Å². The number of aromatic nitrogens is 4. The minimum absolute atomic E-state index is 0.181. The van der Waals surface area contributed by atoms with Crippen molar-refractivity contribution in [1.29, 1.82) is 0 Å². The number of anilines is 2. The van der Waals surface area contributed by atoms with Gasteiger partial charge in [0.2, 0.25) is 5.95 Å². The number of pyridine rings is 1. The third-order valence-electron chi connectivity index (χ3n) is 6.56. The summed E-state index contributed by atoms with van der Waals surface area (Å²) in [6.07, 6.45) is 1.47. The van der Waals surface area contributed by atoms with E-state index in [1.807, 2.05) is 0 Å². The molecule has 0 spiro atoms. The topological polar surface area (TPSA) is 104 Å². The monoisotopic (exact) mass is 533 g/mol. The number of nitrogens with zero attached hydrogens (tertiary/aromatic N) is 7. The van der Waals surface area contributed by atoms with E-state index in [-0.39, 0.29) is 18.2 Å². The first kappa shape index (κ1) is 27.7. The molecular formula is C25H34F3N9O. The van der Waals surface area contributed by atoms with Gasteiger partial charge in [0.05, 0.1) is 55.1 Å². The molecule has 38 heavy (non-hydrogen) atoms. The molecule has 5 rings (SSSR count). The van der Waals surface area contributed by atoms with Crippen LogP contribution in [0, 0.1) is 12.7 Å². The maximum atomic E-state index is 15.1. The number of halogens is 3. The first-order valence-corrected chi connectivity index (χ1v) is 12.7. The van der Waals surface area contributed by atoms with E-state index < -0.39 is 18.0 Å². The van der Waals surface area contributed by atoms with Crippen molar-refractivity contribution in [3.63, 3.8) is 0 Å². The fourth-order valence-corrected chi connectivity index (χ4v) is 4.46. The number of piperidine rings is 1. The van der Waals surface area contributed by atoms with Crippen molar-refractivity contribution in [2.45, 2.75) is 44.9 Å². The molecule has 5 heterocycles. The Morgan fingerprint density at radius 3 is 2.58 bits per heavy atom. The number of alkyl halides is 2. The van der Waals surface area contributed by atoms with Crippen LogP contribution in [0.2, 0.25) is 0 Å². The maximum absolute atomic E-state index is 15.1. The molecule has 3 aromatic rings. The van der Waals surface area contributed by atoms with Crippen molar-refractivity contribution < 1.29 is 17.9 Å². The third-order valence-corrected chi connectivity index (χ3v) is 6.56. The molecular weight excluding hydrogens is 499 g/mol. The standard InChI is InChI=1S/C22H27F2N9O.C3H7F/c1-12-16(30-26-3)4-5-18(27-12)19-15(24)9-33-20(19)21(25-2)29-22(31-33)28-17-6-7-32(8-14(17)23)13-10-34-11-13;1-2-3-4/h4-5,9,13-14,17H,6-8,10-11H2,1-3H3,(H2,25,28,29,31);2-3H2,1H3. The zero-order valence-electron chi connectivity index (χ0n) is 22.1. The number of rotatable bonds is 7. The molecule has 206 valence electrons. The van der Waals surface area contributed by atoms with Gasteiger partial charge in [-0.1, -0.05) is 6.92 Å². The van der Waals surface area contributed by atoms with E-state index in [4.69, 9.17) is 4.74 Å². The van der Waals surface area contributed by atoms with Gasteiger partial charge in [0, 0.05) is 27.2 Å². The van der Waals surface area contributed by atoms with Gasteiger partial charge in [-0.05, 0) is 31.9 Å². The highest BCUT2D eigenvalue weighted by Gasteiger charge is 2.35. The van der Waals surface area contributed by atoms with Gasteiger partial charge in [0.25, 0.3) is 0 Å². The van der Waals surface area contributed by atoms with Gasteiger partial charge in [0.1, 0.15) is 17.4 Å². The molecule has 2 N–H and O–H groups in total. The minimum atomic E-state index is -1.07. The summed E-state index contributed by atoms with van der Waals surface area (Å²) >= 11 is 0. The Labute approximate surface area is 219 Å². The van der Waals surface area contributed by atoms with Crippen LogP contribution in [0.25, 0.3) is 16.8 Å². The molecule has 2 unspecified atom stereocenters. The number of aryl methyl sites for hydroxylation is 1. The lowest BCUT2D eigenvalue weighted by Crippen LogP contribution is -2.57. The number of likely N-dealkylation sites (tertiary alicyclic amines) is 1. The second-order valence-corrected chi connectivity index (χ2v) is 9.21. The average molecular weight is 534 g/mol. The second-order valence-electron chi connectivity index (χ2n) is 9.21. The van der Waals surface area contributed by atoms with Gasteiger partial charge in [0.15, 0.2) is 11.6 Å². The predicted octanol–water partition coefficient (Wildman–Crippen LogP) is 4.58. The summed E-state index contributed by atoms with van der Waals surface area (Å²) in [6.45, 7) is 5.86. The zero-order chi connectivity index (χ0) is 27.2. The molecule has 0 bridgehead atoms. The first-order valence-electron chi connectivity index (χ1n) is 12.7. The largest absolute Gasteiger partial charge is 0.378 e. The summed E-state index contributed by atoms with van der Waals surface area (Å²) in [6, 6.07) is 3.31. The van der Waals surface area contributed by atoms with E-state index in [1.165, 1.54) is 10.7 Å².